The highest BCUT2D eigenvalue weighted by Crippen LogP contribution is 2.33. The summed E-state index contributed by atoms with van der Waals surface area (Å²) in [5, 5.41) is 6.37. The van der Waals surface area contributed by atoms with Crippen LogP contribution in [-0.4, -0.2) is 35.3 Å². The largest absolute Gasteiger partial charge is 0.464 e. The molecule has 7 nitrogen and oxygen atoms in total. The molecule has 2 N–H and O–H groups in total. The van der Waals surface area contributed by atoms with Crippen LogP contribution in [0.5, 0.6) is 0 Å². The monoisotopic (exact) mass is 503 g/mol. The summed E-state index contributed by atoms with van der Waals surface area (Å²) < 4.78 is 5.24. The molecule has 3 rings (SSSR count). The number of rotatable bonds is 8. The molecule has 1 aromatic carbocycles. The number of pyridine rings is 1. The van der Waals surface area contributed by atoms with Gasteiger partial charge in [-0.3, -0.25) is 14.6 Å². The van der Waals surface area contributed by atoms with E-state index in [1.165, 1.54) is 12.4 Å². The summed E-state index contributed by atoms with van der Waals surface area (Å²) in [6, 6.07) is 6.18. The maximum Gasteiger partial charge on any atom is 0.328 e. The predicted octanol–water partition coefficient (Wildman–Crippen LogP) is 4.98. The minimum atomic E-state index is -0.665. The zero-order valence-electron chi connectivity index (χ0n) is 19.3. The Bertz CT molecular complexity index is 1090. The standard InChI is InChI=1S/C25H27Cl2N3O4/c1-4-34-24(33)21(29-17-10-18(31)12-25(2,3)11-17)9-15-5-7-16(8-6-15)23(32)30-22-19(26)13-28-14-20(22)27/h5-8,10,13-14,21,29H,4,9,11-12H2,1-3H3,(H,28,30,32)/t21-/m0/s1. The van der Waals surface area contributed by atoms with Gasteiger partial charge < -0.3 is 15.4 Å². The van der Waals surface area contributed by atoms with Crippen LogP contribution in [0.4, 0.5) is 5.69 Å². The Labute approximate surface area is 208 Å². The van der Waals surface area contributed by atoms with Crippen LogP contribution in [0.15, 0.2) is 48.4 Å². The second kappa shape index (κ2) is 11.0. The van der Waals surface area contributed by atoms with E-state index in [1.54, 1.807) is 37.3 Å². The Balaban J connectivity index is 1.72. The first-order valence-electron chi connectivity index (χ1n) is 10.9. The first kappa shape index (κ1) is 25.7. The first-order chi connectivity index (χ1) is 16.1. The minimum absolute atomic E-state index is 0.0335. The van der Waals surface area contributed by atoms with Crippen LogP contribution in [0, 0.1) is 5.41 Å². The lowest BCUT2D eigenvalue weighted by Gasteiger charge is -2.31. The first-order valence-corrected chi connectivity index (χ1v) is 11.7. The van der Waals surface area contributed by atoms with Gasteiger partial charge in [0.1, 0.15) is 6.04 Å². The maximum atomic E-state index is 12.6. The molecule has 0 saturated heterocycles. The number of hydrogen-bond acceptors (Lipinski definition) is 6. The fourth-order valence-electron chi connectivity index (χ4n) is 3.84. The number of ether oxygens (including phenoxy) is 1. The number of carbonyl (C=O) groups excluding carboxylic acids is 3. The van der Waals surface area contributed by atoms with E-state index in [-0.39, 0.29) is 39.4 Å². The molecule has 1 aromatic heterocycles. The third-order valence-corrected chi connectivity index (χ3v) is 5.91. The van der Waals surface area contributed by atoms with Gasteiger partial charge in [-0.25, -0.2) is 4.79 Å². The predicted molar refractivity (Wildman–Crippen MR) is 132 cm³/mol. The van der Waals surface area contributed by atoms with Crippen LogP contribution in [0.2, 0.25) is 10.0 Å². The van der Waals surface area contributed by atoms with Crippen molar-refractivity contribution in [2.24, 2.45) is 5.41 Å². The zero-order valence-corrected chi connectivity index (χ0v) is 20.8. The number of benzene rings is 1. The summed E-state index contributed by atoms with van der Waals surface area (Å²) in [5.74, 6) is -0.746. The SMILES string of the molecule is CCOC(=O)[C@H](Cc1ccc(C(=O)Nc2c(Cl)cncc2Cl)cc1)NC1=CC(=O)CC(C)(C)C1. The average Bonchev–Trinajstić information content (AvgIpc) is 2.75. The Morgan fingerprint density at radius 3 is 2.35 bits per heavy atom. The van der Waals surface area contributed by atoms with Crippen molar-refractivity contribution in [3.63, 3.8) is 0 Å². The number of aromatic nitrogens is 1. The summed E-state index contributed by atoms with van der Waals surface area (Å²) in [4.78, 5) is 41.2. The fourth-order valence-corrected chi connectivity index (χ4v) is 4.30. The molecule has 0 radical (unpaired) electrons. The summed E-state index contributed by atoms with van der Waals surface area (Å²) >= 11 is 12.1. The summed E-state index contributed by atoms with van der Waals surface area (Å²) in [7, 11) is 0. The lowest BCUT2D eigenvalue weighted by Crippen LogP contribution is -2.41. The molecule has 9 heteroatoms. The Morgan fingerprint density at radius 1 is 1.12 bits per heavy atom. The van der Waals surface area contributed by atoms with Crippen LogP contribution >= 0.6 is 23.2 Å². The van der Waals surface area contributed by atoms with Crippen LogP contribution in [0.3, 0.4) is 0 Å². The van der Waals surface area contributed by atoms with E-state index in [0.29, 0.717) is 24.8 Å². The van der Waals surface area contributed by atoms with Crippen molar-refractivity contribution >= 4 is 46.5 Å². The normalized spacial score (nSPS) is 15.8. The molecule has 1 atom stereocenters. The van der Waals surface area contributed by atoms with Crippen LogP contribution in [0.25, 0.3) is 0 Å². The lowest BCUT2D eigenvalue weighted by molar-refractivity contribution is -0.145. The Hall–Kier alpha value is -2.90. The molecule has 0 aliphatic heterocycles. The van der Waals surface area contributed by atoms with Gasteiger partial charge >= 0.3 is 5.97 Å². The van der Waals surface area contributed by atoms with Crippen molar-refractivity contribution in [2.45, 2.75) is 46.1 Å². The number of nitrogens with one attached hydrogen (secondary N) is 2. The average molecular weight is 504 g/mol. The van der Waals surface area contributed by atoms with Gasteiger partial charge in [0, 0.05) is 42.6 Å². The highest BCUT2D eigenvalue weighted by atomic mass is 35.5. The molecular formula is C25H27Cl2N3O4. The molecule has 0 unspecified atom stereocenters. The molecule has 2 aromatic rings. The molecule has 180 valence electrons. The van der Waals surface area contributed by atoms with Crippen molar-refractivity contribution in [3.05, 3.63) is 69.6 Å². The van der Waals surface area contributed by atoms with Gasteiger partial charge in [-0.15, -0.1) is 0 Å². The summed E-state index contributed by atoms with van der Waals surface area (Å²) in [6.45, 7) is 6.04. The molecule has 1 amide bonds. The van der Waals surface area contributed by atoms with Gasteiger partial charge in [0.25, 0.3) is 5.91 Å². The molecule has 1 aliphatic carbocycles. The van der Waals surface area contributed by atoms with Crippen molar-refractivity contribution < 1.29 is 19.1 Å². The van der Waals surface area contributed by atoms with Gasteiger partial charge in [-0.2, -0.15) is 0 Å². The van der Waals surface area contributed by atoms with E-state index in [1.807, 2.05) is 13.8 Å². The van der Waals surface area contributed by atoms with Crippen LogP contribution < -0.4 is 10.6 Å². The van der Waals surface area contributed by atoms with Crippen LogP contribution in [0.1, 0.15) is 49.5 Å². The van der Waals surface area contributed by atoms with Gasteiger partial charge in [0.2, 0.25) is 0 Å². The smallest absolute Gasteiger partial charge is 0.328 e. The van der Waals surface area contributed by atoms with Crippen LogP contribution in [-0.2, 0) is 20.7 Å². The third-order valence-electron chi connectivity index (χ3n) is 5.34. The van der Waals surface area contributed by atoms with Gasteiger partial charge in [0.15, 0.2) is 5.78 Å². The Kier molecular flexibility index (Phi) is 8.33. The fraction of sp³-hybridized carbons (Fsp3) is 0.360. The van der Waals surface area contributed by atoms with Gasteiger partial charge in [0.05, 0.1) is 22.3 Å². The molecule has 0 bridgehead atoms. The Morgan fingerprint density at radius 2 is 1.76 bits per heavy atom. The third kappa shape index (κ3) is 6.81. The number of amides is 1. The molecule has 34 heavy (non-hydrogen) atoms. The number of nitrogens with zero attached hydrogens (tertiary/aromatic N) is 1. The molecule has 1 heterocycles. The lowest BCUT2D eigenvalue weighted by atomic mass is 9.78. The minimum Gasteiger partial charge on any atom is -0.464 e. The molecule has 0 spiro atoms. The second-order valence-corrected chi connectivity index (χ2v) is 9.75. The van der Waals surface area contributed by atoms with E-state index >= 15 is 0 Å². The summed E-state index contributed by atoms with van der Waals surface area (Å²) in [5.41, 5.74) is 2.06. The van der Waals surface area contributed by atoms with E-state index in [9.17, 15) is 14.4 Å². The number of halogens is 2. The molecule has 0 saturated carbocycles. The van der Waals surface area contributed by atoms with Crippen molar-refractivity contribution in [3.8, 4) is 0 Å². The van der Waals surface area contributed by atoms with Crippen molar-refractivity contribution in [2.75, 3.05) is 11.9 Å². The number of allylic oxidation sites excluding steroid dienone is 2. The number of esters is 1. The highest BCUT2D eigenvalue weighted by molar-refractivity contribution is 6.39. The summed E-state index contributed by atoms with van der Waals surface area (Å²) in [6.07, 6.45) is 5.82. The topological polar surface area (TPSA) is 97.4 Å². The number of hydrogen-bond donors (Lipinski definition) is 2. The molecular weight excluding hydrogens is 477 g/mol. The number of anilines is 1. The van der Waals surface area contributed by atoms with E-state index < -0.39 is 12.0 Å². The second-order valence-electron chi connectivity index (χ2n) is 8.94. The van der Waals surface area contributed by atoms with Gasteiger partial charge in [-0.05, 0) is 36.5 Å². The number of ketones is 1. The number of carbonyl (C=O) groups is 3. The molecule has 1 aliphatic rings. The molecule has 0 fully saturated rings. The quantitative estimate of drug-likeness (QED) is 0.493. The highest BCUT2D eigenvalue weighted by Gasteiger charge is 2.30. The van der Waals surface area contributed by atoms with Crippen molar-refractivity contribution in [1.82, 2.24) is 10.3 Å². The van der Waals surface area contributed by atoms with E-state index in [2.05, 4.69) is 15.6 Å². The van der Waals surface area contributed by atoms with E-state index in [4.69, 9.17) is 27.9 Å². The zero-order chi connectivity index (χ0) is 24.9. The van der Waals surface area contributed by atoms with Gasteiger partial charge in [-0.1, -0.05) is 49.2 Å². The van der Waals surface area contributed by atoms with E-state index in [0.717, 1.165) is 11.3 Å². The maximum absolute atomic E-state index is 12.6. The van der Waals surface area contributed by atoms with Crippen molar-refractivity contribution in [1.29, 1.82) is 0 Å².